The van der Waals surface area contributed by atoms with Crippen molar-refractivity contribution < 1.29 is 33.2 Å². The van der Waals surface area contributed by atoms with Gasteiger partial charge >= 0.3 is 5.97 Å². The number of hydrogen-bond acceptors (Lipinski definition) is 7. The van der Waals surface area contributed by atoms with Crippen LogP contribution in [0.2, 0.25) is 0 Å². The molecule has 3 saturated heterocycles. The average Bonchev–Trinajstić information content (AvgIpc) is 2.90. The fourth-order valence-electron chi connectivity index (χ4n) is 3.01. The fourth-order valence-corrected chi connectivity index (χ4v) is 3.01. The van der Waals surface area contributed by atoms with Gasteiger partial charge in [-0.05, 0) is 27.7 Å². The minimum atomic E-state index is -0.759. The Balaban J connectivity index is 1.77. The monoisotopic (exact) mass is 302 g/mol. The molecule has 0 N–H and O–H groups in total. The molecule has 0 aromatic rings. The summed E-state index contributed by atoms with van der Waals surface area (Å²) in [5.74, 6) is -1.82. The van der Waals surface area contributed by atoms with Crippen LogP contribution in [0.25, 0.3) is 0 Å². The van der Waals surface area contributed by atoms with Crippen LogP contribution in [0.4, 0.5) is 0 Å². The lowest BCUT2D eigenvalue weighted by Crippen LogP contribution is -2.44. The van der Waals surface area contributed by atoms with Crippen molar-refractivity contribution in [2.75, 3.05) is 6.61 Å². The molecule has 0 bridgehead atoms. The van der Waals surface area contributed by atoms with Gasteiger partial charge in [-0.2, -0.15) is 0 Å². The van der Waals surface area contributed by atoms with Crippen molar-refractivity contribution in [1.82, 2.24) is 0 Å². The molecule has 3 rings (SSSR count). The standard InChI is InChI=1S/C14H22O7/c1-7(15)17-10-9(8-6-16-13(2,3)19-8)18-12-11(10)20-14(4,5)21-12/h8-12H,6H2,1-5H3. The van der Waals surface area contributed by atoms with Crippen molar-refractivity contribution in [2.45, 2.75) is 76.9 Å². The van der Waals surface area contributed by atoms with Crippen LogP contribution in [0.1, 0.15) is 34.6 Å². The van der Waals surface area contributed by atoms with Crippen LogP contribution in [-0.4, -0.2) is 54.9 Å². The summed E-state index contributed by atoms with van der Waals surface area (Å²) in [5, 5.41) is 0. The third-order valence-electron chi connectivity index (χ3n) is 3.73. The van der Waals surface area contributed by atoms with E-state index in [9.17, 15) is 4.79 Å². The predicted molar refractivity (Wildman–Crippen MR) is 69.2 cm³/mol. The van der Waals surface area contributed by atoms with E-state index in [1.54, 1.807) is 13.8 Å². The zero-order valence-electron chi connectivity index (χ0n) is 13.0. The van der Waals surface area contributed by atoms with E-state index in [0.717, 1.165) is 0 Å². The molecule has 3 fully saturated rings. The molecule has 7 heteroatoms. The molecule has 3 aliphatic rings. The van der Waals surface area contributed by atoms with Gasteiger partial charge in [0.05, 0.1) is 6.61 Å². The highest BCUT2D eigenvalue weighted by Crippen LogP contribution is 2.41. The number of carbonyl (C=O) groups excluding carboxylic acids is 1. The lowest BCUT2D eigenvalue weighted by Gasteiger charge is -2.28. The first-order valence-corrected chi connectivity index (χ1v) is 7.17. The molecule has 0 aliphatic carbocycles. The van der Waals surface area contributed by atoms with Gasteiger partial charge in [0.15, 0.2) is 30.1 Å². The highest BCUT2D eigenvalue weighted by atomic mass is 16.8. The molecule has 0 aromatic heterocycles. The molecule has 21 heavy (non-hydrogen) atoms. The zero-order valence-corrected chi connectivity index (χ0v) is 13.0. The normalized spacial score (nSPS) is 43.8. The van der Waals surface area contributed by atoms with E-state index in [1.807, 2.05) is 13.8 Å². The molecule has 5 unspecified atom stereocenters. The Morgan fingerprint density at radius 3 is 2.33 bits per heavy atom. The Morgan fingerprint density at radius 1 is 1.05 bits per heavy atom. The lowest BCUT2D eigenvalue weighted by atomic mass is 10.1. The van der Waals surface area contributed by atoms with Gasteiger partial charge in [-0.3, -0.25) is 4.79 Å². The summed E-state index contributed by atoms with van der Waals surface area (Å²) in [6.45, 7) is 9.00. The minimum absolute atomic E-state index is 0.328. The third-order valence-corrected chi connectivity index (χ3v) is 3.73. The van der Waals surface area contributed by atoms with Gasteiger partial charge in [-0.15, -0.1) is 0 Å². The van der Waals surface area contributed by atoms with Crippen molar-refractivity contribution in [3.05, 3.63) is 0 Å². The van der Waals surface area contributed by atoms with Crippen LogP contribution in [0, 0.1) is 0 Å². The number of ether oxygens (including phenoxy) is 6. The first-order valence-electron chi connectivity index (χ1n) is 7.17. The smallest absolute Gasteiger partial charge is 0.303 e. The van der Waals surface area contributed by atoms with Crippen LogP contribution in [0.15, 0.2) is 0 Å². The molecule has 0 aromatic carbocycles. The van der Waals surface area contributed by atoms with Crippen LogP contribution < -0.4 is 0 Å². The number of esters is 1. The number of fused-ring (bicyclic) bond motifs is 1. The van der Waals surface area contributed by atoms with Crippen LogP contribution >= 0.6 is 0 Å². The van der Waals surface area contributed by atoms with E-state index in [0.29, 0.717) is 6.61 Å². The quantitative estimate of drug-likeness (QED) is 0.703. The molecule has 120 valence electrons. The molecule has 0 saturated carbocycles. The highest BCUT2D eigenvalue weighted by molar-refractivity contribution is 5.66. The summed E-state index contributed by atoms with van der Waals surface area (Å²) in [5.41, 5.74) is 0. The Labute approximate surface area is 123 Å². The molecule has 0 radical (unpaired) electrons. The first-order chi connectivity index (χ1) is 9.67. The summed E-state index contributed by atoms with van der Waals surface area (Å²) in [7, 11) is 0. The Hall–Kier alpha value is -0.730. The van der Waals surface area contributed by atoms with Crippen LogP contribution in [0.3, 0.4) is 0 Å². The summed E-state index contributed by atoms with van der Waals surface area (Å²) in [4.78, 5) is 11.4. The topological polar surface area (TPSA) is 72.5 Å². The van der Waals surface area contributed by atoms with Crippen molar-refractivity contribution >= 4 is 5.97 Å². The lowest BCUT2D eigenvalue weighted by molar-refractivity contribution is -0.235. The number of carbonyl (C=O) groups is 1. The van der Waals surface area contributed by atoms with E-state index < -0.39 is 36.2 Å². The second kappa shape index (κ2) is 4.89. The molecule has 7 nitrogen and oxygen atoms in total. The van der Waals surface area contributed by atoms with Gasteiger partial charge in [0.25, 0.3) is 0 Å². The molecule has 3 aliphatic heterocycles. The van der Waals surface area contributed by atoms with Gasteiger partial charge in [-0.25, -0.2) is 0 Å². The number of rotatable bonds is 2. The maximum Gasteiger partial charge on any atom is 0.303 e. The SMILES string of the molecule is CC(=O)OC1C(C2COC(C)(C)O2)OC2OC(C)(C)OC21. The van der Waals surface area contributed by atoms with Gasteiger partial charge in [0, 0.05) is 6.92 Å². The molecular formula is C14H22O7. The maximum absolute atomic E-state index is 11.4. The van der Waals surface area contributed by atoms with Crippen molar-refractivity contribution in [1.29, 1.82) is 0 Å². The van der Waals surface area contributed by atoms with Gasteiger partial charge in [0.1, 0.15) is 12.2 Å². The predicted octanol–water partition coefficient (Wildman–Crippen LogP) is 0.946. The Morgan fingerprint density at radius 2 is 1.76 bits per heavy atom. The molecule has 5 atom stereocenters. The third kappa shape index (κ3) is 2.93. The van der Waals surface area contributed by atoms with Crippen molar-refractivity contribution in [3.8, 4) is 0 Å². The van der Waals surface area contributed by atoms with E-state index >= 15 is 0 Å². The van der Waals surface area contributed by atoms with Crippen LogP contribution in [-0.2, 0) is 33.2 Å². The van der Waals surface area contributed by atoms with Gasteiger partial charge < -0.3 is 28.4 Å². The largest absolute Gasteiger partial charge is 0.457 e. The summed E-state index contributed by atoms with van der Waals surface area (Å²) in [6.07, 6.45) is -2.40. The zero-order chi connectivity index (χ0) is 15.4. The molecule has 3 heterocycles. The Kier molecular flexibility index (Phi) is 3.53. The average molecular weight is 302 g/mol. The van der Waals surface area contributed by atoms with Crippen molar-refractivity contribution in [3.63, 3.8) is 0 Å². The molecule has 0 spiro atoms. The van der Waals surface area contributed by atoms with Crippen LogP contribution in [0.5, 0.6) is 0 Å². The van der Waals surface area contributed by atoms with E-state index in [2.05, 4.69) is 0 Å². The fraction of sp³-hybridized carbons (Fsp3) is 0.929. The number of hydrogen-bond donors (Lipinski definition) is 0. The minimum Gasteiger partial charge on any atom is -0.457 e. The second-order valence-electron chi connectivity index (χ2n) is 6.51. The summed E-state index contributed by atoms with van der Waals surface area (Å²) >= 11 is 0. The van der Waals surface area contributed by atoms with E-state index in [4.69, 9.17) is 28.4 Å². The molecular weight excluding hydrogens is 280 g/mol. The highest BCUT2D eigenvalue weighted by Gasteiger charge is 2.59. The van der Waals surface area contributed by atoms with E-state index in [-0.39, 0.29) is 12.1 Å². The summed E-state index contributed by atoms with van der Waals surface area (Å²) < 4.78 is 34.2. The van der Waals surface area contributed by atoms with Gasteiger partial charge in [0.2, 0.25) is 0 Å². The molecule has 0 amide bonds. The Bertz CT molecular complexity index is 433. The van der Waals surface area contributed by atoms with Gasteiger partial charge in [-0.1, -0.05) is 0 Å². The second-order valence-corrected chi connectivity index (χ2v) is 6.51. The maximum atomic E-state index is 11.4. The first kappa shape index (κ1) is 15.2. The summed E-state index contributed by atoms with van der Waals surface area (Å²) in [6, 6.07) is 0. The van der Waals surface area contributed by atoms with E-state index in [1.165, 1.54) is 6.92 Å². The van der Waals surface area contributed by atoms with Crippen molar-refractivity contribution in [2.24, 2.45) is 0 Å².